The predicted molar refractivity (Wildman–Crippen MR) is 76.4 cm³/mol. The molecule has 1 heterocycles. The van der Waals surface area contributed by atoms with Gasteiger partial charge in [0.05, 0.1) is 19.1 Å². The summed E-state index contributed by atoms with van der Waals surface area (Å²) >= 11 is 0. The minimum atomic E-state index is -1.04. The molecule has 2 aromatic rings. The molecule has 2 rings (SSSR count). The molecule has 22 heavy (non-hydrogen) atoms. The van der Waals surface area contributed by atoms with Crippen molar-refractivity contribution in [2.24, 2.45) is 0 Å². The van der Waals surface area contributed by atoms with Crippen molar-refractivity contribution in [1.29, 1.82) is 0 Å². The molecule has 0 aliphatic rings. The number of carbonyl (C=O) groups excluding carboxylic acids is 2. The van der Waals surface area contributed by atoms with E-state index in [4.69, 9.17) is 0 Å². The number of halogens is 1. The van der Waals surface area contributed by atoms with Crippen molar-refractivity contribution in [3.8, 4) is 0 Å². The number of hydrogen-bond donors (Lipinski definition) is 2. The lowest BCUT2D eigenvalue weighted by atomic mass is 9.88. The van der Waals surface area contributed by atoms with Crippen LogP contribution in [0, 0.1) is 5.82 Å². The first-order valence-corrected chi connectivity index (χ1v) is 6.59. The summed E-state index contributed by atoms with van der Waals surface area (Å²) in [4.78, 5) is 23.9. The third-order valence-corrected chi connectivity index (χ3v) is 3.34. The summed E-state index contributed by atoms with van der Waals surface area (Å²) in [6, 6.07) is 7.09. The molecule has 6 nitrogen and oxygen atoms in total. The Morgan fingerprint density at radius 3 is 2.55 bits per heavy atom. The van der Waals surface area contributed by atoms with Crippen LogP contribution in [0.15, 0.2) is 36.5 Å². The quantitative estimate of drug-likeness (QED) is 0.824. The molecule has 7 heteroatoms. The van der Waals surface area contributed by atoms with Gasteiger partial charge in [0.15, 0.2) is 0 Å². The van der Waals surface area contributed by atoms with Gasteiger partial charge in [-0.05, 0) is 30.7 Å². The maximum absolute atomic E-state index is 13.1. The number of aromatic amines is 1. The second-order valence-electron chi connectivity index (χ2n) is 5.02. The Morgan fingerprint density at radius 2 is 2.00 bits per heavy atom. The second-order valence-corrected chi connectivity index (χ2v) is 5.02. The predicted octanol–water partition coefficient (Wildman–Crippen LogP) is 1.76. The number of H-pyrrole nitrogens is 1. The number of methoxy groups -OCH3 is 1. The Balaban J connectivity index is 2.30. The van der Waals surface area contributed by atoms with Crippen molar-refractivity contribution in [3.05, 3.63) is 53.6 Å². The number of benzene rings is 1. The first-order chi connectivity index (χ1) is 10.4. The van der Waals surface area contributed by atoms with Gasteiger partial charge in [-0.1, -0.05) is 12.1 Å². The minimum Gasteiger partial charge on any atom is -0.469 e. The highest BCUT2D eigenvalue weighted by molar-refractivity contribution is 5.93. The van der Waals surface area contributed by atoms with Gasteiger partial charge in [-0.3, -0.25) is 14.7 Å². The van der Waals surface area contributed by atoms with Crippen LogP contribution in [0.25, 0.3) is 0 Å². The summed E-state index contributed by atoms with van der Waals surface area (Å²) in [5, 5.41) is 9.02. The van der Waals surface area contributed by atoms with Gasteiger partial charge in [-0.2, -0.15) is 5.10 Å². The van der Waals surface area contributed by atoms with Crippen LogP contribution in [0.3, 0.4) is 0 Å². The van der Waals surface area contributed by atoms with Crippen LogP contribution in [-0.4, -0.2) is 29.2 Å². The molecule has 0 unspecified atom stereocenters. The molecule has 0 aliphatic heterocycles. The van der Waals surface area contributed by atoms with Crippen LogP contribution < -0.4 is 5.32 Å². The van der Waals surface area contributed by atoms with E-state index in [1.807, 2.05) is 0 Å². The number of esters is 1. The van der Waals surface area contributed by atoms with Gasteiger partial charge in [-0.15, -0.1) is 0 Å². The normalized spacial score (nSPS) is 13.2. The van der Waals surface area contributed by atoms with Crippen LogP contribution in [0.1, 0.15) is 29.4 Å². The van der Waals surface area contributed by atoms with E-state index in [2.05, 4.69) is 20.3 Å². The van der Waals surface area contributed by atoms with Gasteiger partial charge in [0.2, 0.25) is 0 Å². The van der Waals surface area contributed by atoms with Crippen LogP contribution in [0.2, 0.25) is 0 Å². The zero-order valence-electron chi connectivity index (χ0n) is 12.2. The van der Waals surface area contributed by atoms with Crippen molar-refractivity contribution < 1.29 is 18.7 Å². The largest absolute Gasteiger partial charge is 0.469 e. The van der Waals surface area contributed by atoms with Gasteiger partial charge < -0.3 is 10.1 Å². The molecule has 1 amide bonds. The molecule has 0 fully saturated rings. The molecule has 0 bridgehead atoms. The molecular formula is C15H16FN3O3. The molecule has 0 radical (unpaired) electrons. The highest BCUT2D eigenvalue weighted by Gasteiger charge is 2.32. The molecule has 116 valence electrons. The van der Waals surface area contributed by atoms with E-state index in [-0.39, 0.29) is 12.1 Å². The first kappa shape index (κ1) is 15.7. The van der Waals surface area contributed by atoms with Gasteiger partial charge in [-0.25, -0.2) is 4.39 Å². The summed E-state index contributed by atoms with van der Waals surface area (Å²) in [5.41, 5.74) is -0.187. The van der Waals surface area contributed by atoms with Crippen LogP contribution in [-0.2, 0) is 15.1 Å². The summed E-state index contributed by atoms with van der Waals surface area (Å²) in [6.07, 6.45) is 1.36. The molecule has 1 aromatic carbocycles. The molecule has 2 N–H and O–H groups in total. The molecule has 0 spiro atoms. The summed E-state index contributed by atoms with van der Waals surface area (Å²) in [7, 11) is 1.27. The van der Waals surface area contributed by atoms with E-state index in [1.165, 1.54) is 43.6 Å². The van der Waals surface area contributed by atoms with Gasteiger partial charge in [0.1, 0.15) is 11.5 Å². The molecular weight excluding hydrogens is 289 g/mol. The van der Waals surface area contributed by atoms with Crippen LogP contribution in [0.5, 0.6) is 0 Å². The van der Waals surface area contributed by atoms with Crippen LogP contribution in [0.4, 0.5) is 4.39 Å². The van der Waals surface area contributed by atoms with E-state index in [0.717, 1.165) is 0 Å². The molecule has 1 atom stereocenters. The van der Waals surface area contributed by atoms with E-state index in [0.29, 0.717) is 5.56 Å². The Bertz CT molecular complexity index is 655. The monoisotopic (exact) mass is 305 g/mol. The van der Waals surface area contributed by atoms with E-state index >= 15 is 0 Å². The van der Waals surface area contributed by atoms with Gasteiger partial charge >= 0.3 is 5.97 Å². The molecule has 0 saturated heterocycles. The second kappa shape index (κ2) is 6.38. The maximum atomic E-state index is 13.1. The number of nitrogens with zero attached hydrogens (tertiary/aromatic N) is 1. The Labute approximate surface area is 126 Å². The van der Waals surface area contributed by atoms with Crippen molar-refractivity contribution in [2.45, 2.75) is 18.9 Å². The number of hydrogen-bond acceptors (Lipinski definition) is 4. The van der Waals surface area contributed by atoms with Crippen molar-refractivity contribution in [1.82, 2.24) is 15.5 Å². The lowest BCUT2D eigenvalue weighted by molar-refractivity contribution is -0.142. The topological polar surface area (TPSA) is 84.1 Å². The SMILES string of the molecule is COC(=O)C[C@@](C)(NC(=O)c1ccn[nH]1)c1ccc(F)cc1. The number of rotatable bonds is 5. The fourth-order valence-electron chi connectivity index (χ4n) is 2.10. The lowest BCUT2D eigenvalue weighted by Gasteiger charge is -2.30. The summed E-state index contributed by atoms with van der Waals surface area (Å²) in [5.74, 6) is -1.31. The lowest BCUT2D eigenvalue weighted by Crippen LogP contribution is -2.45. The standard InChI is InChI=1S/C15H16FN3O3/c1-15(9-13(20)22-2,10-3-5-11(16)6-4-10)18-14(21)12-7-8-17-19-12/h3-8H,9H2,1-2H3,(H,17,19)(H,18,21)/t15-/m1/s1. The van der Waals surface area contributed by atoms with E-state index in [1.54, 1.807) is 6.92 Å². The summed E-state index contributed by atoms with van der Waals surface area (Å²) in [6.45, 7) is 1.67. The Kier molecular flexibility index (Phi) is 4.55. The molecule has 1 aromatic heterocycles. The fraction of sp³-hybridized carbons (Fsp3) is 0.267. The van der Waals surface area contributed by atoms with Crippen molar-refractivity contribution in [2.75, 3.05) is 7.11 Å². The Hall–Kier alpha value is -2.70. The maximum Gasteiger partial charge on any atom is 0.308 e. The number of carbonyl (C=O) groups is 2. The number of amides is 1. The van der Waals surface area contributed by atoms with E-state index < -0.39 is 23.2 Å². The highest BCUT2D eigenvalue weighted by Crippen LogP contribution is 2.26. The minimum absolute atomic E-state index is 0.0883. The van der Waals surface area contributed by atoms with Crippen molar-refractivity contribution in [3.63, 3.8) is 0 Å². The highest BCUT2D eigenvalue weighted by atomic mass is 19.1. The number of ether oxygens (including phenoxy) is 1. The third kappa shape index (κ3) is 3.49. The molecule has 0 aliphatic carbocycles. The number of aromatic nitrogens is 2. The van der Waals surface area contributed by atoms with Gasteiger partial charge in [0, 0.05) is 6.20 Å². The smallest absolute Gasteiger partial charge is 0.308 e. The van der Waals surface area contributed by atoms with Gasteiger partial charge in [0.25, 0.3) is 5.91 Å². The molecule has 0 saturated carbocycles. The Morgan fingerprint density at radius 1 is 1.32 bits per heavy atom. The average Bonchev–Trinajstić information content (AvgIpc) is 3.01. The average molecular weight is 305 g/mol. The fourth-order valence-corrected chi connectivity index (χ4v) is 2.10. The zero-order chi connectivity index (χ0) is 16.2. The summed E-state index contributed by atoms with van der Waals surface area (Å²) < 4.78 is 17.8. The van der Waals surface area contributed by atoms with E-state index in [9.17, 15) is 14.0 Å². The zero-order valence-corrected chi connectivity index (χ0v) is 12.2. The third-order valence-electron chi connectivity index (χ3n) is 3.34. The first-order valence-electron chi connectivity index (χ1n) is 6.59. The van der Waals surface area contributed by atoms with Crippen molar-refractivity contribution >= 4 is 11.9 Å². The number of nitrogens with one attached hydrogen (secondary N) is 2. The van der Waals surface area contributed by atoms with Crippen LogP contribution >= 0.6 is 0 Å².